The molecule has 0 unspecified atom stereocenters. The van der Waals surface area contributed by atoms with Crippen molar-refractivity contribution in [2.24, 2.45) is 0 Å². The van der Waals surface area contributed by atoms with Gasteiger partial charge in [0.2, 0.25) is 5.75 Å². The molecular formula is C16H25NO3. The van der Waals surface area contributed by atoms with Crippen molar-refractivity contribution in [2.75, 3.05) is 20.8 Å². The van der Waals surface area contributed by atoms with E-state index in [1.54, 1.807) is 14.2 Å². The quantitative estimate of drug-likeness (QED) is 0.557. The zero-order chi connectivity index (χ0) is 15.0. The van der Waals surface area contributed by atoms with Crippen LogP contribution in [0.2, 0.25) is 0 Å². The van der Waals surface area contributed by atoms with Gasteiger partial charge in [-0.05, 0) is 24.1 Å². The van der Waals surface area contributed by atoms with Gasteiger partial charge in [0.25, 0.3) is 0 Å². The lowest BCUT2D eigenvalue weighted by molar-refractivity contribution is 0.279. The molecule has 0 aromatic heterocycles. The Morgan fingerprint density at radius 3 is 2.25 bits per heavy atom. The maximum Gasteiger partial charge on any atom is 0.203 e. The predicted molar refractivity (Wildman–Crippen MR) is 81.8 cm³/mol. The summed E-state index contributed by atoms with van der Waals surface area (Å²) < 4.78 is 16.5. The van der Waals surface area contributed by atoms with Gasteiger partial charge in [-0.3, -0.25) is 0 Å². The van der Waals surface area contributed by atoms with Crippen LogP contribution in [-0.2, 0) is 6.54 Å². The predicted octanol–water partition coefficient (Wildman–Crippen LogP) is 3.16. The molecule has 0 heterocycles. The molecule has 20 heavy (non-hydrogen) atoms. The summed E-state index contributed by atoms with van der Waals surface area (Å²) in [6.45, 7) is 9.22. The van der Waals surface area contributed by atoms with Crippen LogP contribution in [-0.4, -0.2) is 26.9 Å². The minimum atomic E-state index is 0.426. The van der Waals surface area contributed by atoms with Gasteiger partial charge in [-0.15, -0.1) is 6.58 Å². The molecule has 1 aromatic rings. The summed E-state index contributed by atoms with van der Waals surface area (Å²) in [7, 11) is 3.27. The van der Waals surface area contributed by atoms with Crippen LogP contribution in [0.15, 0.2) is 24.8 Å². The van der Waals surface area contributed by atoms with E-state index in [9.17, 15) is 0 Å². The van der Waals surface area contributed by atoms with Crippen molar-refractivity contribution in [1.82, 2.24) is 5.32 Å². The summed E-state index contributed by atoms with van der Waals surface area (Å²) >= 11 is 0. The molecule has 0 saturated carbocycles. The van der Waals surface area contributed by atoms with Gasteiger partial charge in [0.05, 0.1) is 20.8 Å². The lowest BCUT2D eigenvalue weighted by atomic mass is 10.1. The largest absolute Gasteiger partial charge is 0.493 e. The Labute approximate surface area is 121 Å². The third kappa shape index (κ3) is 4.78. The lowest BCUT2D eigenvalue weighted by Crippen LogP contribution is -2.21. The van der Waals surface area contributed by atoms with Crippen LogP contribution in [0.5, 0.6) is 17.2 Å². The van der Waals surface area contributed by atoms with Gasteiger partial charge in [0.15, 0.2) is 11.5 Å². The topological polar surface area (TPSA) is 39.7 Å². The van der Waals surface area contributed by atoms with E-state index in [1.165, 1.54) is 0 Å². The highest BCUT2D eigenvalue weighted by Gasteiger charge is 2.14. The Morgan fingerprint density at radius 2 is 1.80 bits per heavy atom. The van der Waals surface area contributed by atoms with Gasteiger partial charge in [-0.2, -0.15) is 0 Å². The highest BCUT2D eigenvalue weighted by atomic mass is 16.5. The molecule has 1 rings (SSSR count). The second kappa shape index (κ2) is 8.48. The van der Waals surface area contributed by atoms with Crippen molar-refractivity contribution in [1.29, 1.82) is 0 Å². The first kappa shape index (κ1) is 16.4. The summed E-state index contributed by atoms with van der Waals surface area (Å²) in [5.74, 6) is 2.02. The molecule has 0 spiro atoms. The van der Waals surface area contributed by atoms with E-state index in [-0.39, 0.29) is 0 Å². The van der Waals surface area contributed by atoms with E-state index in [2.05, 4.69) is 25.7 Å². The average molecular weight is 279 g/mol. The van der Waals surface area contributed by atoms with E-state index in [1.807, 2.05) is 18.2 Å². The number of hydrogen-bond acceptors (Lipinski definition) is 4. The first-order valence-corrected chi connectivity index (χ1v) is 6.84. The second-order valence-electron chi connectivity index (χ2n) is 4.79. The summed E-state index contributed by atoms with van der Waals surface area (Å²) in [4.78, 5) is 0. The van der Waals surface area contributed by atoms with Crippen LogP contribution in [0.4, 0.5) is 0 Å². The Balaban J connectivity index is 2.95. The van der Waals surface area contributed by atoms with Gasteiger partial charge < -0.3 is 19.5 Å². The van der Waals surface area contributed by atoms with E-state index in [4.69, 9.17) is 14.2 Å². The van der Waals surface area contributed by atoms with Crippen LogP contribution in [0.25, 0.3) is 0 Å². The fourth-order valence-electron chi connectivity index (χ4n) is 1.74. The van der Waals surface area contributed by atoms with E-state index in [0.717, 1.165) is 18.5 Å². The van der Waals surface area contributed by atoms with Crippen LogP contribution in [0.1, 0.15) is 25.8 Å². The van der Waals surface area contributed by atoms with Crippen molar-refractivity contribution in [2.45, 2.75) is 32.9 Å². The molecule has 112 valence electrons. The number of rotatable bonds is 9. The van der Waals surface area contributed by atoms with Crippen molar-refractivity contribution in [3.63, 3.8) is 0 Å². The molecule has 0 aliphatic rings. The molecule has 1 aromatic carbocycles. The number of hydrogen-bond donors (Lipinski definition) is 1. The smallest absolute Gasteiger partial charge is 0.203 e. The molecule has 0 fully saturated rings. The normalized spacial score (nSPS) is 10.4. The zero-order valence-electron chi connectivity index (χ0n) is 12.9. The van der Waals surface area contributed by atoms with Crippen molar-refractivity contribution < 1.29 is 14.2 Å². The SMILES string of the molecule is C=CCCOc1c(OC)cc(CNC(C)C)cc1OC. The first-order chi connectivity index (χ1) is 9.62. The highest BCUT2D eigenvalue weighted by Crippen LogP contribution is 2.38. The lowest BCUT2D eigenvalue weighted by Gasteiger charge is -2.16. The van der Waals surface area contributed by atoms with Gasteiger partial charge in [-0.25, -0.2) is 0 Å². The van der Waals surface area contributed by atoms with Crippen LogP contribution in [0.3, 0.4) is 0 Å². The Kier molecular flexibility index (Phi) is 6.94. The maximum absolute atomic E-state index is 5.73. The van der Waals surface area contributed by atoms with E-state index in [0.29, 0.717) is 29.9 Å². The van der Waals surface area contributed by atoms with Crippen molar-refractivity contribution in [3.8, 4) is 17.2 Å². The van der Waals surface area contributed by atoms with Crippen molar-refractivity contribution in [3.05, 3.63) is 30.4 Å². The molecular weight excluding hydrogens is 254 g/mol. The van der Waals surface area contributed by atoms with E-state index >= 15 is 0 Å². The summed E-state index contributed by atoms with van der Waals surface area (Å²) in [6, 6.07) is 4.37. The van der Waals surface area contributed by atoms with Crippen LogP contribution < -0.4 is 19.5 Å². The fourth-order valence-corrected chi connectivity index (χ4v) is 1.74. The van der Waals surface area contributed by atoms with Gasteiger partial charge in [0, 0.05) is 12.6 Å². The monoisotopic (exact) mass is 279 g/mol. The molecule has 4 nitrogen and oxygen atoms in total. The molecule has 0 saturated heterocycles. The second-order valence-corrected chi connectivity index (χ2v) is 4.79. The number of methoxy groups -OCH3 is 2. The average Bonchev–Trinajstić information content (AvgIpc) is 2.45. The van der Waals surface area contributed by atoms with Crippen LogP contribution >= 0.6 is 0 Å². The standard InChI is InChI=1S/C16H25NO3/c1-6-7-8-20-16-14(18-4)9-13(10-15(16)19-5)11-17-12(2)3/h6,9-10,12,17H,1,7-8,11H2,2-5H3. The fraction of sp³-hybridized carbons (Fsp3) is 0.500. The Bertz CT molecular complexity index is 405. The third-order valence-corrected chi connectivity index (χ3v) is 2.80. The summed E-state index contributed by atoms with van der Waals surface area (Å²) in [5.41, 5.74) is 1.10. The Morgan fingerprint density at radius 1 is 1.20 bits per heavy atom. The zero-order valence-corrected chi connectivity index (χ0v) is 12.9. The molecule has 0 amide bonds. The minimum Gasteiger partial charge on any atom is -0.493 e. The molecule has 0 aliphatic heterocycles. The molecule has 4 heteroatoms. The molecule has 1 N–H and O–H groups in total. The molecule has 0 radical (unpaired) electrons. The minimum absolute atomic E-state index is 0.426. The molecule has 0 bridgehead atoms. The number of ether oxygens (including phenoxy) is 3. The first-order valence-electron chi connectivity index (χ1n) is 6.84. The van der Waals surface area contributed by atoms with Crippen LogP contribution in [0, 0.1) is 0 Å². The Hall–Kier alpha value is -1.68. The van der Waals surface area contributed by atoms with Gasteiger partial charge in [0.1, 0.15) is 0 Å². The van der Waals surface area contributed by atoms with Gasteiger partial charge >= 0.3 is 0 Å². The van der Waals surface area contributed by atoms with Crippen molar-refractivity contribution >= 4 is 0 Å². The maximum atomic E-state index is 5.73. The molecule has 0 atom stereocenters. The molecule has 0 aliphatic carbocycles. The number of benzene rings is 1. The summed E-state index contributed by atoms with van der Waals surface area (Å²) in [6.07, 6.45) is 2.60. The highest BCUT2D eigenvalue weighted by molar-refractivity contribution is 5.53. The third-order valence-electron chi connectivity index (χ3n) is 2.80. The summed E-state index contributed by atoms with van der Waals surface area (Å²) in [5, 5.41) is 3.37. The van der Waals surface area contributed by atoms with Gasteiger partial charge in [-0.1, -0.05) is 19.9 Å². The number of nitrogens with one attached hydrogen (secondary N) is 1. The van der Waals surface area contributed by atoms with E-state index < -0.39 is 0 Å².